The van der Waals surface area contributed by atoms with Gasteiger partial charge in [0.25, 0.3) is 0 Å². The number of aliphatic hydroxyl groups excluding tert-OH is 3. The Morgan fingerprint density at radius 3 is 2.40 bits per heavy atom. The van der Waals surface area contributed by atoms with Crippen molar-refractivity contribution in [2.24, 2.45) is 0 Å². The quantitative estimate of drug-likeness (QED) is 0.502. The highest BCUT2D eigenvalue weighted by molar-refractivity contribution is 6.31. The van der Waals surface area contributed by atoms with Gasteiger partial charge in [-0.2, -0.15) is 0 Å². The normalized spacial score (nSPS) is 26.4. The van der Waals surface area contributed by atoms with E-state index in [0.29, 0.717) is 34.9 Å². The zero-order chi connectivity index (χ0) is 21.8. The Kier molecular flexibility index (Phi) is 7.50. The van der Waals surface area contributed by atoms with Gasteiger partial charge in [-0.1, -0.05) is 42.8 Å². The van der Waals surface area contributed by atoms with Crippen LogP contribution < -0.4 is 4.74 Å². The first-order chi connectivity index (χ1) is 14.3. The number of aliphatic hydroxyl groups is 3. The lowest BCUT2D eigenvalue weighted by molar-refractivity contribution is -0.225. The standard InChI is InChI=1S/C23H28ClNO5/c1-3-19-20(26)21(27)22(28)23(30-19)15-6-9-18(24)16(11-15)10-14-4-7-17(8-5-14)29-12-13(2)25/h4-9,11,19-23,25-28H,3,10,12H2,1-2H3/t19-,20-,21+,22-,23+/m1/s1. The number of halogens is 1. The number of nitrogens with one attached hydrogen (secondary N) is 1. The molecule has 0 aliphatic carbocycles. The van der Waals surface area contributed by atoms with Crippen molar-refractivity contribution in [1.82, 2.24) is 0 Å². The van der Waals surface area contributed by atoms with Gasteiger partial charge in [0.05, 0.1) is 6.10 Å². The van der Waals surface area contributed by atoms with E-state index in [0.717, 1.165) is 11.1 Å². The molecule has 0 amide bonds. The molecule has 5 atom stereocenters. The first-order valence-corrected chi connectivity index (χ1v) is 10.4. The Labute approximate surface area is 181 Å². The van der Waals surface area contributed by atoms with E-state index >= 15 is 0 Å². The summed E-state index contributed by atoms with van der Waals surface area (Å²) in [5.74, 6) is 0.696. The van der Waals surface area contributed by atoms with E-state index in [1.165, 1.54) is 0 Å². The number of ether oxygens (including phenoxy) is 2. The van der Waals surface area contributed by atoms with Crippen molar-refractivity contribution in [2.75, 3.05) is 6.61 Å². The molecule has 2 aromatic rings. The fourth-order valence-corrected chi connectivity index (χ4v) is 3.77. The minimum atomic E-state index is -1.27. The van der Waals surface area contributed by atoms with Crippen molar-refractivity contribution in [3.63, 3.8) is 0 Å². The van der Waals surface area contributed by atoms with Crippen LogP contribution in [0.1, 0.15) is 43.1 Å². The van der Waals surface area contributed by atoms with Gasteiger partial charge >= 0.3 is 0 Å². The molecule has 162 valence electrons. The van der Waals surface area contributed by atoms with Crippen LogP contribution >= 0.6 is 11.6 Å². The van der Waals surface area contributed by atoms with Crippen LogP contribution in [0.15, 0.2) is 42.5 Å². The Bertz CT molecular complexity index is 870. The second-order valence-electron chi connectivity index (χ2n) is 7.72. The van der Waals surface area contributed by atoms with Gasteiger partial charge in [0, 0.05) is 10.7 Å². The Balaban J connectivity index is 1.77. The van der Waals surface area contributed by atoms with Gasteiger partial charge in [0.2, 0.25) is 0 Å². The summed E-state index contributed by atoms with van der Waals surface area (Å²) in [6, 6.07) is 13.0. The van der Waals surface area contributed by atoms with Gasteiger partial charge in [0.15, 0.2) is 0 Å². The maximum Gasteiger partial charge on any atom is 0.125 e. The second-order valence-corrected chi connectivity index (χ2v) is 8.12. The molecular weight excluding hydrogens is 406 g/mol. The molecule has 4 N–H and O–H groups in total. The van der Waals surface area contributed by atoms with E-state index in [1.54, 1.807) is 19.1 Å². The highest BCUT2D eigenvalue weighted by Gasteiger charge is 2.43. The molecule has 0 aromatic heterocycles. The molecule has 2 aromatic carbocycles. The van der Waals surface area contributed by atoms with Crippen LogP contribution in [-0.2, 0) is 11.2 Å². The van der Waals surface area contributed by atoms with Crippen molar-refractivity contribution in [3.8, 4) is 5.75 Å². The zero-order valence-corrected chi connectivity index (χ0v) is 17.8. The number of rotatable bonds is 7. The van der Waals surface area contributed by atoms with Crippen molar-refractivity contribution in [3.05, 3.63) is 64.2 Å². The van der Waals surface area contributed by atoms with Crippen LogP contribution in [0.3, 0.4) is 0 Å². The number of hydrogen-bond donors (Lipinski definition) is 4. The summed E-state index contributed by atoms with van der Waals surface area (Å²) in [5, 5.41) is 38.8. The molecule has 0 spiro atoms. The number of benzene rings is 2. The third kappa shape index (κ3) is 5.20. The monoisotopic (exact) mass is 433 g/mol. The fraction of sp³-hybridized carbons (Fsp3) is 0.435. The van der Waals surface area contributed by atoms with Crippen LogP contribution in [0, 0.1) is 5.41 Å². The molecular formula is C23H28ClNO5. The minimum absolute atomic E-state index is 0.260. The molecule has 6 nitrogen and oxygen atoms in total. The van der Waals surface area contributed by atoms with E-state index in [9.17, 15) is 15.3 Å². The summed E-state index contributed by atoms with van der Waals surface area (Å²) >= 11 is 6.40. The molecule has 1 saturated heterocycles. The van der Waals surface area contributed by atoms with Crippen LogP contribution in [0.25, 0.3) is 0 Å². The third-order valence-corrected chi connectivity index (χ3v) is 5.65. The van der Waals surface area contributed by atoms with Gasteiger partial charge in [-0.25, -0.2) is 0 Å². The maximum absolute atomic E-state index is 10.4. The summed E-state index contributed by atoms with van der Waals surface area (Å²) in [5.41, 5.74) is 3.05. The molecule has 3 rings (SSSR count). The van der Waals surface area contributed by atoms with E-state index in [-0.39, 0.29) is 6.61 Å². The van der Waals surface area contributed by atoms with Crippen LogP contribution in [-0.4, -0.2) is 52.1 Å². The minimum Gasteiger partial charge on any atom is -0.488 e. The molecule has 0 radical (unpaired) electrons. The highest BCUT2D eigenvalue weighted by Crippen LogP contribution is 2.35. The fourth-order valence-electron chi connectivity index (χ4n) is 3.59. The third-order valence-electron chi connectivity index (χ3n) is 5.29. The molecule has 1 aliphatic rings. The van der Waals surface area contributed by atoms with Gasteiger partial charge in [-0.3, -0.25) is 0 Å². The van der Waals surface area contributed by atoms with Crippen LogP contribution in [0.5, 0.6) is 5.75 Å². The first kappa shape index (κ1) is 22.7. The molecule has 0 bridgehead atoms. The molecule has 1 aliphatic heterocycles. The highest BCUT2D eigenvalue weighted by atomic mass is 35.5. The Hall–Kier alpha value is -1.96. The van der Waals surface area contributed by atoms with Crippen molar-refractivity contribution >= 4 is 17.3 Å². The number of hydrogen-bond acceptors (Lipinski definition) is 6. The average Bonchev–Trinajstić information content (AvgIpc) is 2.73. The Morgan fingerprint density at radius 2 is 1.77 bits per heavy atom. The molecule has 0 saturated carbocycles. The lowest BCUT2D eigenvalue weighted by Crippen LogP contribution is -2.53. The average molecular weight is 434 g/mol. The lowest BCUT2D eigenvalue weighted by atomic mass is 9.89. The zero-order valence-electron chi connectivity index (χ0n) is 17.1. The van der Waals surface area contributed by atoms with Gasteiger partial charge in [-0.05, 0) is 54.7 Å². The summed E-state index contributed by atoms with van der Waals surface area (Å²) < 4.78 is 11.4. The molecule has 0 unspecified atom stereocenters. The smallest absolute Gasteiger partial charge is 0.125 e. The summed E-state index contributed by atoms with van der Waals surface area (Å²) in [6.45, 7) is 3.81. The second kappa shape index (κ2) is 9.90. The molecule has 7 heteroatoms. The van der Waals surface area contributed by atoms with Crippen molar-refractivity contribution in [2.45, 2.75) is 57.2 Å². The van der Waals surface area contributed by atoms with Gasteiger partial charge in [-0.15, -0.1) is 0 Å². The first-order valence-electron chi connectivity index (χ1n) is 10.0. The Morgan fingerprint density at radius 1 is 1.07 bits per heavy atom. The van der Waals surface area contributed by atoms with Gasteiger partial charge < -0.3 is 30.2 Å². The van der Waals surface area contributed by atoms with Crippen LogP contribution in [0.4, 0.5) is 0 Å². The maximum atomic E-state index is 10.4. The summed E-state index contributed by atoms with van der Waals surface area (Å²) in [4.78, 5) is 0. The van der Waals surface area contributed by atoms with E-state index in [1.807, 2.05) is 37.3 Å². The molecule has 1 heterocycles. The van der Waals surface area contributed by atoms with Crippen molar-refractivity contribution in [1.29, 1.82) is 5.41 Å². The van der Waals surface area contributed by atoms with Gasteiger partial charge in [0.1, 0.15) is 36.8 Å². The van der Waals surface area contributed by atoms with Crippen LogP contribution in [0.2, 0.25) is 5.02 Å². The largest absolute Gasteiger partial charge is 0.488 e. The van der Waals surface area contributed by atoms with E-state index < -0.39 is 30.5 Å². The summed E-state index contributed by atoms with van der Waals surface area (Å²) in [6.07, 6.45) is -3.83. The molecule has 1 fully saturated rings. The summed E-state index contributed by atoms with van der Waals surface area (Å²) in [7, 11) is 0. The van der Waals surface area contributed by atoms with Crippen molar-refractivity contribution < 1.29 is 24.8 Å². The predicted molar refractivity (Wildman–Crippen MR) is 116 cm³/mol. The predicted octanol–water partition coefficient (Wildman–Crippen LogP) is 3.28. The lowest BCUT2D eigenvalue weighted by Gasteiger charge is -2.40. The SMILES string of the molecule is CC[C@H]1O[C@@H](c2ccc(Cl)c(Cc3ccc(OCC(C)=N)cc3)c2)[C@H](O)[C@@H](O)[C@@H]1O. The topological polar surface area (TPSA) is 103 Å². The molecule has 30 heavy (non-hydrogen) atoms. The van der Waals surface area contributed by atoms with E-state index in [4.69, 9.17) is 26.5 Å². The van der Waals surface area contributed by atoms with E-state index in [2.05, 4.69) is 0 Å².